The average molecular weight is 430 g/mol. The molecule has 1 aliphatic rings. The van der Waals surface area contributed by atoms with Crippen LogP contribution in [-0.2, 0) is 14.8 Å². The molecule has 160 valence electrons. The Morgan fingerprint density at radius 3 is 2.27 bits per heavy atom. The van der Waals surface area contributed by atoms with E-state index in [0.717, 1.165) is 5.56 Å². The SMILES string of the molecule is Cc1ccc(S(=O)(=O)N2CCC[C@H](C(=O)Nc3ccc(C(=O)N(C)C)cc3)C2)cc1. The summed E-state index contributed by atoms with van der Waals surface area (Å²) in [5.74, 6) is -0.760. The maximum Gasteiger partial charge on any atom is 0.253 e. The van der Waals surface area contributed by atoms with Gasteiger partial charge in [-0.15, -0.1) is 0 Å². The number of hydrogen-bond donors (Lipinski definition) is 1. The van der Waals surface area contributed by atoms with E-state index in [0.29, 0.717) is 30.6 Å². The van der Waals surface area contributed by atoms with Crippen LogP contribution in [0.15, 0.2) is 53.4 Å². The zero-order valence-electron chi connectivity index (χ0n) is 17.5. The molecule has 1 heterocycles. The molecule has 1 atom stereocenters. The monoisotopic (exact) mass is 429 g/mol. The molecule has 0 spiro atoms. The molecule has 8 heteroatoms. The Labute approximate surface area is 177 Å². The van der Waals surface area contributed by atoms with E-state index < -0.39 is 15.9 Å². The van der Waals surface area contributed by atoms with Crippen molar-refractivity contribution in [1.29, 1.82) is 0 Å². The van der Waals surface area contributed by atoms with Crippen molar-refractivity contribution in [3.05, 3.63) is 59.7 Å². The summed E-state index contributed by atoms with van der Waals surface area (Å²) in [6, 6.07) is 13.4. The lowest BCUT2D eigenvalue weighted by atomic mass is 9.98. The van der Waals surface area contributed by atoms with Gasteiger partial charge in [0.25, 0.3) is 5.91 Å². The highest BCUT2D eigenvalue weighted by molar-refractivity contribution is 7.89. The number of amides is 2. The van der Waals surface area contributed by atoms with Crippen LogP contribution in [-0.4, -0.2) is 56.6 Å². The predicted octanol–water partition coefficient (Wildman–Crippen LogP) is 2.74. The Bertz CT molecular complexity index is 1020. The van der Waals surface area contributed by atoms with E-state index in [1.54, 1.807) is 62.6 Å². The molecule has 3 rings (SSSR count). The lowest BCUT2D eigenvalue weighted by molar-refractivity contribution is -0.120. The molecule has 2 aromatic rings. The first-order valence-corrected chi connectivity index (χ1v) is 11.3. The first-order chi connectivity index (χ1) is 14.2. The fraction of sp³-hybridized carbons (Fsp3) is 0.364. The number of benzene rings is 2. The van der Waals surface area contributed by atoms with Gasteiger partial charge in [-0.05, 0) is 56.2 Å². The molecule has 1 aliphatic heterocycles. The second kappa shape index (κ2) is 8.97. The summed E-state index contributed by atoms with van der Waals surface area (Å²) >= 11 is 0. The van der Waals surface area contributed by atoms with E-state index >= 15 is 0 Å². The quantitative estimate of drug-likeness (QED) is 0.792. The van der Waals surface area contributed by atoms with Gasteiger partial charge in [-0.1, -0.05) is 17.7 Å². The van der Waals surface area contributed by atoms with Crippen molar-refractivity contribution in [2.45, 2.75) is 24.7 Å². The van der Waals surface area contributed by atoms with Gasteiger partial charge >= 0.3 is 0 Å². The van der Waals surface area contributed by atoms with Crippen molar-refractivity contribution >= 4 is 27.5 Å². The number of nitrogens with one attached hydrogen (secondary N) is 1. The van der Waals surface area contributed by atoms with Crippen LogP contribution < -0.4 is 5.32 Å². The van der Waals surface area contributed by atoms with Crippen LogP contribution in [0.5, 0.6) is 0 Å². The highest BCUT2D eigenvalue weighted by atomic mass is 32.2. The number of piperidine rings is 1. The molecular weight excluding hydrogens is 402 g/mol. The summed E-state index contributed by atoms with van der Waals surface area (Å²) in [6.45, 7) is 2.46. The lowest BCUT2D eigenvalue weighted by Crippen LogP contribution is -2.43. The first kappa shape index (κ1) is 22.0. The summed E-state index contributed by atoms with van der Waals surface area (Å²) < 4.78 is 27.3. The van der Waals surface area contributed by atoms with Gasteiger partial charge in [-0.2, -0.15) is 4.31 Å². The highest BCUT2D eigenvalue weighted by Crippen LogP contribution is 2.25. The van der Waals surface area contributed by atoms with Crippen LogP contribution in [0.25, 0.3) is 0 Å². The Morgan fingerprint density at radius 1 is 1.03 bits per heavy atom. The van der Waals surface area contributed by atoms with E-state index in [9.17, 15) is 18.0 Å². The van der Waals surface area contributed by atoms with Crippen LogP contribution in [0.2, 0.25) is 0 Å². The Balaban J connectivity index is 1.67. The predicted molar refractivity (Wildman–Crippen MR) is 116 cm³/mol. The number of anilines is 1. The molecule has 1 N–H and O–H groups in total. The molecule has 7 nitrogen and oxygen atoms in total. The second-order valence-corrected chi connectivity index (χ2v) is 9.72. The number of carbonyl (C=O) groups is 2. The average Bonchev–Trinajstić information content (AvgIpc) is 2.74. The largest absolute Gasteiger partial charge is 0.345 e. The standard InChI is InChI=1S/C22H27N3O4S/c1-16-6-12-20(13-7-16)30(28,29)25-14-4-5-18(15-25)21(26)23-19-10-8-17(9-11-19)22(27)24(2)3/h6-13,18H,4-5,14-15H2,1-3H3,(H,23,26)/t18-/m0/s1. The summed E-state index contributed by atoms with van der Waals surface area (Å²) in [6.07, 6.45) is 1.25. The van der Waals surface area contributed by atoms with Crippen molar-refractivity contribution in [2.75, 3.05) is 32.5 Å². The van der Waals surface area contributed by atoms with Crippen LogP contribution in [0.3, 0.4) is 0 Å². The van der Waals surface area contributed by atoms with E-state index in [-0.39, 0.29) is 23.3 Å². The van der Waals surface area contributed by atoms with Crippen LogP contribution >= 0.6 is 0 Å². The first-order valence-electron chi connectivity index (χ1n) is 9.88. The number of rotatable bonds is 5. The summed E-state index contributed by atoms with van der Waals surface area (Å²) in [4.78, 5) is 26.4. The van der Waals surface area contributed by atoms with E-state index in [1.165, 1.54) is 9.21 Å². The van der Waals surface area contributed by atoms with E-state index in [2.05, 4.69) is 5.32 Å². The summed E-state index contributed by atoms with van der Waals surface area (Å²) in [7, 11) is -0.274. The normalized spacial score (nSPS) is 17.4. The van der Waals surface area contributed by atoms with Gasteiger partial charge in [-0.25, -0.2) is 8.42 Å². The molecule has 30 heavy (non-hydrogen) atoms. The minimum atomic E-state index is -3.63. The number of carbonyl (C=O) groups excluding carboxylic acids is 2. The van der Waals surface area contributed by atoms with Gasteiger partial charge < -0.3 is 10.2 Å². The number of hydrogen-bond acceptors (Lipinski definition) is 4. The minimum absolute atomic E-state index is 0.114. The maximum atomic E-state index is 12.9. The van der Waals surface area contributed by atoms with Gasteiger partial charge in [0, 0.05) is 38.4 Å². The molecule has 0 bridgehead atoms. The zero-order chi connectivity index (χ0) is 21.9. The fourth-order valence-electron chi connectivity index (χ4n) is 3.43. The van der Waals surface area contributed by atoms with Gasteiger partial charge in [0.05, 0.1) is 10.8 Å². The smallest absolute Gasteiger partial charge is 0.253 e. The Morgan fingerprint density at radius 2 is 1.67 bits per heavy atom. The van der Waals surface area contributed by atoms with Crippen molar-refractivity contribution in [2.24, 2.45) is 5.92 Å². The van der Waals surface area contributed by atoms with E-state index in [4.69, 9.17) is 0 Å². The topological polar surface area (TPSA) is 86.8 Å². The zero-order valence-corrected chi connectivity index (χ0v) is 18.3. The molecule has 0 unspecified atom stereocenters. The molecule has 2 amide bonds. The van der Waals surface area contributed by atoms with E-state index in [1.807, 2.05) is 6.92 Å². The Hall–Kier alpha value is -2.71. The number of nitrogens with zero attached hydrogens (tertiary/aromatic N) is 2. The van der Waals surface area contributed by atoms with Crippen molar-refractivity contribution in [3.63, 3.8) is 0 Å². The third kappa shape index (κ3) is 4.88. The van der Waals surface area contributed by atoms with Gasteiger partial charge in [0.2, 0.25) is 15.9 Å². The third-order valence-electron chi connectivity index (χ3n) is 5.22. The van der Waals surface area contributed by atoms with Crippen LogP contribution in [0.1, 0.15) is 28.8 Å². The molecule has 1 saturated heterocycles. The van der Waals surface area contributed by atoms with Crippen LogP contribution in [0, 0.1) is 12.8 Å². The molecule has 0 aromatic heterocycles. The number of sulfonamides is 1. The highest BCUT2D eigenvalue weighted by Gasteiger charge is 2.33. The Kier molecular flexibility index (Phi) is 6.58. The van der Waals surface area contributed by atoms with Gasteiger partial charge in [0.1, 0.15) is 0 Å². The number of aryl methyl sites for hydroxylation is 1. The second-order valence-electron chi connectivity index (χ2n) is 7.78. The van der Waals surface area contributed by atoms with Crippen molar-refractivity contribution < 1.29 is 18.0 Å². The lowest BCUT2D eigenvalue weighted by Gasteiger charge is -2.31. The molecule has 0 aliphatic carbocycles. The maximum absolute atomic E-state index is 12.9. The van der Waals surface area contributed by atoms with Gasteiger partial charge in [-0.3, -0.25) is 9.59 Å². The molecular formula is C22H27N3O4S. The van der Waals surface area contributed by atoms with Crippen molar-refractivity contribution in [1.82, 2.24) is 9.21 Å². The third-order valence-corrected chi connectivity index (χ3v) is 7.10. The minimum Gasteiger partial charge on any atom is -0.345 e. The summed E-state index contributed by atoms with van der Waals surface area (Å²) in [5.41, 5.74) is 2.10. The summed E-state index contributed by atoms with van der Waals surface area (Å²) in [5, 5.41) is 2.84. The van der Waals surface area contributed by atoms with Gasteiger partial charge in [0.15, 0.2) is 0 Å². The fourth-order valence-corrected chi connectivity index (χ4v) is 4.96. The molecule has 0 radical (unpaired) electrons. The molecule has 2 aromatic carbocycles. The van der Waals surface area contributed by atoms with Crippen LogP contribution in [0.4, 0.5) is 5.69 Å². The molecule has 0 saturated carbocycles. The molecule has 1 fully saturated rings. The van der Waals surface area contributed by atoms with Crippen molar-refractivity contribution in [3.8, 4) is 0 Å².